The predicted molar refractivity (Wildman–Crippen MR) is 54.6 cm³/mol. The third-order valence-corrected chi connectivity index (χ3v) is 2.43. The van der Waals surface area contributed by atoms with Gasteiger partial charge in [0.05, 0.1) is 5.52 Å². The second-order valence-corrected chi connectivity index (χ2v) is 3.50. The number of hydrogen-bond acceptors (Lipinski definition) is 3. The van der Waals surface area contributed by atoms with Crippen LogP contribution in [0, 0.1) is 0 Å². The van der Waals surface area contributed by atoms with E-state index in [2.05, 4.69) is 0 Å². The van der Waals surface area contributed by atoms with E-state index in [9.17, 15) is 18.0 Å². The molecule has 0 spiro atoms. The van der Waals surface area contributed by atoms with Gasteiger partial charge < -0.3 is 10.2 Å². The first-order valence-electron chi connectivity index (χ1n) is 4.82. The summed E-state index contributed by atoms with van der Waals surface area (Å²) in [6.07, 6.45) is -4.59. The number of rotatable bonds is 2. The summed E-state index contributed by atoms with van der Waals surface area (Å²) in [6.45, 7) is -0.715. The van der Waals surface area contributed by atoms with Crippen molar-refractivity contribution < 1.29 is 17.6 Å². The third kappa shape index (κ3) is 1.93. The predicted octanol–water partition coefficient (Wildman–Crippen LogP) is 1.66. The van der Waals surface area contributed by atoms with E-state index in [0.29, 0.717) is 4.57 Å². The summed E-state index contributed by atoms with van der Waals surface area (Å²) < 4.78 is 43.4. The summed E-state index contributed by atoms with van der Waals surface area (Å²) in [7, 11) is 0. The van der Waals surface area contributed by atoms with Crippen LogP contribution in [0.2, 0.25) is 0 Å². The van der Waals surface area contributed by atoms with Crippen LogP contribution in [0.4, 0.5) is 13.2 Å². The normalized spacial score (nSPS) is 14.1. The fraction of sp³-hybridized carbons (Fsp3) is 0.300. The quantitative estimate of drug-likeness (QED) is 0.876. The summed E-state index contributed by atoms with van der Waals surface area (Å²) in [4.78, 5) is 11.4. The van der Waals surface area contributed by atoms with Crippen molar-refractivity contribution in [2.75, 3.05) is 6.54 Å². The van der Waals surface area contributed by atoms with Crippen LogP contribution in [0.25, 0.3) is 11.1 Å². The zero-order valence-electron chi connectivity index (χ0n) is 8.57. The van der Waals surface area contributed by atoms with Gasteiger partial charge in [-0.2, -0.15) is 13.2 Å². The summed E-state index contributed by atoms with van der Waals surface area (Å²) >= 11 is 0. The first-order valence-corrected chi connectivity index (χ1v) is 4.82. The van der Waals surface area contributed by atoms with Crippen molar-refractivity contribution in [2.24, 2.45) is 5.73 Å². The number of alkyl halides is 3. The fourth-order valence-electron chi connectivity index (χ4n) is 1.66. The van der Waals surface area contributed by atoms with Gasteiger partial charge in [0, 0.05) is 6.54 Å². The van der Waals surface area contributed by atoms with Crippen LogP contribution in [0.1, 0.15) is 6.04 Å². The molecule has 1 atom stereocenters. The Bertz CT molecular complexity index is 585. The number of aromatic nitrogens is 1. The Morgan fingerprint density at radius 1 is 1.35 bits per heavy atom. The minimum absolute atomic E-state index is 0.0882. The van der Waals surface area contributed by atoms with Crippen molar-refractivity contribution in [1.29, 1.82) is 0 Å². The van der Waals surface area contributed by atoms with E-state index in [0.717, 1.165) is 0 Å². The lowest BCUT2D eigenvalue weighted by Gasteiger charge is -2.18. The van der Waals surface area contributed by atoms with E-state index < -0.39 is 24.5 Å². The monoisotopic (exact) mass is 246 g/mol. The standard InChI is InChI=1S/C10H9F3N2O2/c11-10(12,13)8(5-14)15-6-3-1-2-4-7(6)17-9(15)16/h1-4,8H,5,14H2. The van der Waals surface area contributed by atoms with E-state index in [-0.39, 0.29) is 11.1 Å². The molecule has 2 rings (SSSR count). The molecular formula is C10H9F3N2O2. The Balaban J connectivity index is 2.69. The molecule has 1 aromatic heterocycles. The minimum atomic E-state index is -4.59. The number of halogens is 3. The second-order valence-electron chi connectivity index (χ2n) is 3.50. The Morgan fingerprint density at radius 3 is 2.59 bits per heavy atom. The van der Waals surface area contributed by atoms with Crippen molar-refractivity contribution in [1.82, 2.24) is 4.57 Å². The number of nitrogens with zero attached hydrogens (tertiary/aromatic N) is 1. The molecule has 0 aliphatic carbocycles. The van der Waals surface area contributed by atoms with E-state index in [1.807, 2.05) is 0 Å². The van der Waals surface area contributed by atoms with Crippen molar-refractivity contribution >= 4 is 11.1 Å². The number of benzene rings is 1. The zero-order chi connectivity index (χ0) is 12.6. The van der Waals surface area contributed by atoms with Gasteiger partial charge in [0.15, 0.2) is 5.58 Å². The molecule has 0 aliphatic heterocycles. The van der Waals surface area contributed by atoms with E-state index in [4.69, 9.17) is 10.2 Å². The average Bonchev–Trinajstić information content (AvgIpc) is 2.55. The Labute approximate surface area is 93.4 Å². The molecule has 0 bridgehead atoms. The molecule has 0 fully saturated rings. The van der Waals surface area contributed by atoms with Crippen molar-refractivity contribution in [3.05, 3.63) is 34.8 Å². The smallest absolute Gasteiger partial charge is 0.408 e. The molecule has 4 nitrogen and oxygen atoms in total. The van der Waals surface area contributed by atoms with Crippen LogP contribution in [-0.4, -0.2) is 17.3 Å². The van der Waals surface area contributed by atoms with Gasteiger partial charge in [0.2, 0.25) is 0 Å². The molecular weight excluding hydrogens is 237 g/mol. The van der Waals surface area contributed by atoms with Crippen molar-refractivity contribution in [3.8, 4) is 0 Å². The van der Waals surface area contributed by atoms with Gasteiger partial charge in [0.1, 0.15) is 6.04 Å². The lowest BCUT2D eigenvalue weighted by atomic mass is 10.2. The van der Waals surface area contributed by atoms with E-state index in [1.165, 1.54) is 18.2 Å². The van der Waals surface area contributed by atoms with Gasteiger partial charge in [-0.25, -0.2) is 4.79 Å². The number of nitrogens with two attached hydrogens (primary N) is 1. The Hall–Kier alpha value is -1.76. The fourth-order valence-corrected chi connectivity index (χ4v) is 1.66. The largest absolute Gasteiger partial charge is 0.420 e. The molecule has 1 heterocycles. The zero-order valence-corrected chi connectivity index (χ0v) is 8.57. The van der Waals surface area contributed by atoms with E-state index in [1.54, 1.807) is 6.07 Å². The maximum absolute atomic E-state index is 12.7. The maximum atomic E-state index is 12.7. The van der Waals surface area contributed by atoms with E-state index >= 15 is 0 Å². The molecule has 2 N–H and O–H groups in total. The third-order valence-electron chi connectivity index (χ3n) is 2.43. The highest BCUT2D eigenvalue weighted by Crippen LogP contribution is 2.31. The molecule has 0 amide bonds. The molecule has 0 saturated carbocycles. The van der Waals surface area contributed by atoms with Crippen LogP contribution in [0.5, 0.6) is 0 Å². The summed E-state index contributed by atoms with van der Waals surface area (Å²) in [5, 5.41) is 0. The van der Waals surface area contributed by atoms with Crippen LogP contribution in [-0.2, 0) is 0 Å². The van der Waals surface area contributed by atoms with Gasteiger partial charge in [-0.3, -0.25) is 4.57 Å². The van der Waals surface area contributed by atoms with Crippen molar-refractivity contribution in [3.63, 3.8) is 0 Å². The van der Waals surface area contributed by atoms with Crippen LogP contribution < -0.4 is 11.5 Å². The van der Waals surface area contributed by atoms with Gasteiger partial charge in [-0.1, -0.05) is 12.1 Å². The number of para-hydroxylation sites is 2. The number of hydrogen-bond donors (Lipinski definition) is 1. The highest BCUT2D eigenvalue weighted by Gasteiger charge is 2.42. The molecule has 0 radical (unpaired) electrons. The molecule has 17 heavy (non-hydrogen) atoms. The highest BCUT2D eigenvalue weighted by atomic mass is 19.4. The molecule has 0 saturated heterocycles. The SMILES string of the molecule is NCC(n1c(=O)oc2ccccc21)C(F)(F)F. The average molecular weight is 246 g/mol. The maximum Gasteiger partial charge on any atom is 0.420 e. The molecule has 1 aromatic carbocycles. The number of oxazole rings is 1. The lowest BCUT2D eigenvalue weighted by molar-refractivity contribution is -0.165. The summed E-state index contributed by atoms with van der Waals surface area (Å²) in [6, 6.07) is 3.84. The first-order chi connectivity index (χ1) is 7.95. The van der Waals surface area contributed by atoms with Crippen LogP contribution in [0.3, 0.4) is 0 Å². The molecule has 7 heteroatoms. The summed E-state index contributed by atoms with van der Waals surface area (Å²) in [5.74, 6) is -1.06. The van der Waals surface area contributed by atoms with Crippen LogP contribution in [0.15, 0.2) is 33.5 Å². The van der Waals surface area contributed by atoms with Gasteiger partial charge >= 0.3 is 11.9 Å². The minimum Gasteiger partial charge on any atom is -0.408 e. The Kier molecular flexibility index (Phi) is 2.70. The summed E-state index contributed by atoms with van der Waals surface area (Å²) in [5.41, 5.74) is 5.29. The Morgan fingerprint density at radius 2 is 2.00 bits per heavy atom. The topological polar surface area (TPSA) is 61.2 Å². The van der Waals surface area contributed by atoms with Gasteiger partial charge in [-0.05, 0) is 12.1 Å². The van der Waals surface area contributed by atoms with Gasteiger partial charge in [-0.15, -0.1) is 0 Å². The van der Waals surface area contributed by atoms with Crippen molar-refractivity contribution in [2.45, 2.75) is 12.2 Å². The molecule has 0 aliphatic rings. The molecule has 92 valence electrons. The lowest BCUT2D eigenvalue weighted by Crippen LogP contribution is -2.37. The van der Waals surface area contributed by atoms with Crippen LogP contribution >= 0.6 is 0 Å². The first kappa shape index (κ1) is 11.7. The molecule has 2 aromatic rings. The highest BCUT2D eigenvalue weighted by molar-refractivity contribution is 5.72. The van der Waals surface area contributed by atoms with Gasteiger partial charge in [0.25, 0.3) is 0 Å². The second kappa shape index (κ2) is 3.92. The number of fused-ring (bicyclic) bond motifs is 1. The molecule has 1 unspecified atom stereocenters.